The van der Waals surface area contributed by atoms with E-state index in [0.717, 1.165) is 16.4 Å². The topological polar surface area (TPSA) is 26.0 Å². The maximum Gasteiger partial charge on any atom is 0.227 e. The van der Waals surface area contributed by atoms with Crippen LogP contribution in [0.3, 0.4) is 0 Å². The van der Waals surface area contributed by atoms with Crippen LogP contribution in [0.4, 0.5) is 0 Å². The molecular formula is C15H9NO. The number of nitrogens with zero attached hydrogens (tertiary/aromatic N) is 1. The second-order valence-electron chi connectivity index (χ2n) is 4.15. The Morgan fingerprint density at radius 1 is 0.824 bits per heavy atom. The number of hydrogen-bond acceptors (Lipinski definition) is 2. The second-order valence-corrected chi connectivity index (χ2v) is 4.15. The monoisotopic (exact) mass is 219 g/mol. The number of fused-ring (bicyclic) bond motifs is 4. The lowest BCUT2D eigenvalue weighted by molar-refractivity contribution is 0.654. The number of rotatable bonds is 0. The van der Waals surface area contributed by atoms with Crippen molar-refractivity contribution in [1.29, 1.82) is 0 Å². The number of furan rings is 1. The molecule has 2 aromatic heterocycles. The minimum absolute atomic E-state index is 0.706. The Balaban J connectivity index is 2.28. The van der Waals surface area contributed by atoms with Gasteiger partial charge < -0.3 is 4.42 Å². The molecule has 2 heterocycles. The summed E-state index contributed by atoms with van der Waals surface area (Å²) in [5, 5.41) is 4.63. The molecule has 2 aromatic carbocycles. The average Bonchev–Trinajstić information content (AvgIpc) is 2.73. The molecular weight excluding hydrogens is 210 g/mol. The van der Waals surface area contributed by atoms with Gasteiger partial charge in [-0.1, -0.05) is 24.3 Å². The summed E-state index contributed by atoms with van der Waals surface area (Å²) in [4.78, 5) is 4.24. The molecule has 17 heavy (non-hydrogen) atoms. The van der Waals surface area contributed by atoms with Crippen LogP contribution in [0.1, 0.15) is 0 Å². The Morgan fingerprint density at radius 3 is 2.53 bits per heavy atom. The van der Waals surface area contributed by atoms with Crippen LogP contribution in [0.15, 0.2) is 59.1 Å². The van der Waals surface area contributed by atoms with E-state index in [1.54, 1.807) is 6.20 Å². The molecule has 2 heteroatoms. The molecule has 0 spiro atoms. The van der Waals surface area contributed by atoms with E-state index < -0.39 is 0 Å². The fourth-order valence-corrected chi connectivity index (χ4v) is 2.30. The molecule has 2 nitrogen and oxygen atoms in total. The van der Waals surface area contributed by atoms with Crippen molar-refractivity contribution >= 4 is 32.8 Å². The smallest absolute Gasteiger partial charge is 0.227 e. The molecule has 0 fully saturated rings. The van der Waals surface area contributed by atoms with Gasteiger partial charge in [-0.25, -0.2) is 4.98 Å². The lowest BCUT2D eigenvalue weighted by Crippen LogP contribution is -1.72. The third-order valence-corrected chi connectivity index (χ3v) is 3.12. The van der Waals surface area contributed by atoms with E-state index in [0.29, 0.717) is 5.71 Å². The Bertz CT molecular complexity index is 839. The van der Waals surface area contributed by atoms with Crippen molar-refractivity contribution in [3.8, 4) is 0 Å². The van der Waals surface area contributed by atoms with Gasteiger partial charge in [-0.2, -0.15) is 0 Å². The first-order valence-electron chi connectivity index (χ1n) is 5.58. The number of pyridine rings is 1. The van der Waals surface area contributed by atoms with Gasteiger partial charge in [0.05, 0.1) is 0 Å². The fourth-order valence-electron chi connectivity index (χ4n) is 2.30. The van der Waals surface area contributed by atoms with Gasteiger partial charge in [-0.15, -0.1) is 0 Å². The first kappa shape index (κ1) is 8.76. The van der Waals surface area contributed by atoms with Gasteiger partial charge in [-0.05, 0) is 35.0 Å². The predicted octanol–water partition coefficient (Wildman–Crippen LogP) is 4.13. The maximum atomic E-state index is 5.75. The first-order chi connectivity index (χ1) is 8.42. The molecule has 80 valence electrons. The van der Waals surface area contributed by atoms with E-state index in [9.17, 15) is 0 Å². The fraction of sp³-hybridized carbons (Fsp3) is 0. The van der Waals surface area contributed by atoms with Crippen LogP contribution in [-0.2, 0) is 0 Å². The van der Waals surface area contributed by atoms with Crippen LogP contribution in [0.25, 0.3) is 32.8 Å². The molecule has 0 bridgehead atoms. The molecule has 0 radical (unpaired) electrons. The number of benzene rings is 2. The average molecular weight is 219 g/mol. The molecule has 0 amide bonds. The van der Waals surface area contributed by atoms with Crippen LogP contribution >= 0.6 is 0 Å². The van der Waals surface area contributed by atoms with Crippen LogP contribution in [-0.4, -0.2) is 4.98 Å². The summed E-state index contributed by atoms with van der Waals surface area (Å²) in [5.41, 5.74) is 1.61. The lowest BCUT2D eigenvalue weighted by Gasteiger charge is -1.96. The highest BCUT2D eigenvalue weighted by Gasteiger charge is 2.07. The summed E-state index contributed by atoms with van der Waals surface area (Å²) in [6.45, 7) is 0. The van der Waals surface area contributed by atoms with Gasteiger partial charge in [0.15, 0.2) is 0 Å². The molecule has 0 saturated heterocycles. The summed E-state index contributed by atoms with van der Waals surface area (Å²) < 4.78 is 5.75. The Kier molecular flexibility index (Phi) is 1.59. The zero-order valence-electron chi connectivity index (χ0n) is 9.05. The van der Waals surface area contributed by atoms with Crippen LogP contribution in [0.2, 0.25) is 0 Å². The lowest BCUT2D eigenvalue weighted by atomic mass is 10.1. The van der Waals surface area contributed by atoms with Gasteiger partial charge >= 0.3 is 0 Å². The zero-order valence-corrected chi connectivity index (χ0v) is 9.05. The van der Waals surface area contributed by atoms with Crippen molar-refractivity contribution in [2.45, 2.75) is 0 Å². The minimum Gasteiger partial charge on any atom is -0.438 e. The van der Waals surface area contributed by atoms with E-state index >= 15 is 0 Å². The molecule has 0 unspecified atom stereocenters. The third-order valence-electron chi connectivity index (χ3n) is 3.12. The molecule has 0 aliphatic heterocycles. The summed E-state index contributed by atoms with van der Waals surface area (Å²) in [6, 6.07) is 16.5. The summed E-state index contributed by atoms with van der Waals surface area (Å²) in [5.74, 6) is 0. The molecule has 0 saturated carbocycles. The Labute approximate surface area is 97.5 Å². The Morgan fingerprint density at radius 2 is 1.65 bits per heavy atom. The van der Waals surface area contributed by atoms with Crippen molar-refractivity contribution in [2.24, 2.45) is 0 Å². The van der Waals surface area contributed by atoms with E-state index in [-0.39, 0.29) is 0 Å². The number of aromatic nitrogens is 1. The predicted molar refractivity (Wildman–Crippen MR) is 69.0 cm³/mol. The molecule has 4 rings (SSSR count). The molecule has 0 atom stereocenters. The van der Waals surface area contributed by atoms with Gasteiger partial charge in [-0.3, -0.25) is 0 Å². The van der Waals surface area contributed by atoms with Crippen molar-refractivity contribution in [2.75, 3.05) is 0 Å². The quantitative estimate of drug-likeness (QED) is 0.444. The van der Waals surface area contributed by atoms with E-state index in [1.807, 2.05) is 18.2 Å². The van der Waals surface area contributed by atoms with Crippen LogP contribution in [0.5, 0.6) is 0 Å². The third kappa shape index (κ3) is 1.18. The largest absolute Gasteiger partial charge is 0.438 e. The van der Waals surface area contributed by atoms with Crippen molar-refractivity contribution in [1.82, 2.24) is 4.98 Å². The summed E-state index contributed by atoms with van der Waals surface area (Å²) in [6.07, 6.45) is 1.75. The Hall–Kier alpha value is -2.35. The standard InChI is InChI=1S/C15H9NO/c1-2-5-11-9-14-13(8-10(11)4-1)12-6-3-7-16-15(12)17-14/h1-9H. The second kappa shape index (κ2) is 3.08. The molecule has 0 aliphatic carbocycles. The highest BCUT2D eigenvalue weighted by atomic mass is 16.3. The zero-order chi connectivity index (χ0) is 11.2. The molecule has 4 aromatic rings. The summed E-state index contributed by atoms with van der Waals surface area (Å²) in [7, 11) is 0. The SMILES string of the molecule is c1ccc2cc3c(cc2c1)oc1ncccc13. The highest BCUT2D eigenvalue weighted by Crippen LogP contribution is 2.30. The van der Waals surface area contributed by atoms with Gasteiger partial charge in [0.2, 0.25) is 5.71 Å². The van der Waals surface area contributed by atoms with Crippen LogP contribution < -0.4 is 0 Å². The van der Waals surface area contributed by atoms with Gasteiger partial charge in [0.1, 0.15) is 5.58 Å². The van der Waals surface area contributed by atoms with Crippen molar-refractivity contribution in [3.63, 3.8) is 0 Å². The maximum absolute atomic E-state index is 5.75. The van der Waals surface area contributed by atoms with Gasteiger partial charge in [0, 0.05) is 17.0 Å². The first-order valence-corrected chi connectivity index (χ1v) is 5.58. The molecule has 0 N–H and O–H groups in total. The van der Waals surface area contributed by atoms with E-state index in [2.05, 4.69) is 35.3 Å². The molecule has 0 aliphatic rings. The van der Waals surface area contributed by atoms with Crippen molar-refractivity contribution in [3.05, 3.63) is 54.7 Å². The number of hydrogen-bond donors (Lipinski definition) is 0. The van der Waals surface area contributed by atoms with Gasteiger partial charge in [0.25, 0.3) is 0 Å². The van der Waals surface area contributed by atoms with E-state index in [4.69, 9.17) is 4.42 Å². The van der Waals surface area contributed by atoms with E-state index in [1.165, 1.54) is 10.8 Å². The normalized spacial score (nSPS) is 11.5. The van der Waals surface area contributed by atoms with Crippen LogP contribution in [0, 0.1) is 0 Å². The highest BCUT2D eigenvalue weighted by molar-refractivity contribution is 6.08. The van der Waals surface area contributed by atoms with Crippen molar-refractivity contribution < 1.29 is 4.42 Å². The summed E-state index contributed by atoms with van der Waals surface area (Å²) >= 11 is 0. The minimum atomic E-state index is 0.706.